The monoisotopic (exact) mass is 306 g/mol. The zero-order chi connectivity index (χ0) is 13.8. The number of alkyl halides is 4. The van der Waals surface area contributed by atoms with Gasteiger partial charge in [-0.25, -0.2) is 8.78 Å². The third kappa shape index (κ3) is 5.95. The van der Waals surface area contributed by atoms with Gasteiger partial charge in [0.2, 0.25) is 5.91 Å². The minimum atomic E-state index is -4.18. The van der Waals surface area contributed by atoms with E-state index in [-0.39, 0.29) is 30.8 Å². The summed E-state index contributed by atoms with van der Waals surface area (Å²) in [7, 11) is 0. The molecule has 0 aliphatic heterocycles. The first kappa shape index (κ1) is 18.4. The van der Waals surface area contributed by atoms with E-state index in [0.717, 1.165) is 25.7 Å². The number of halogens is 5. The van der Waals surface area contributed by atoms with Crippen LogP contribution in [0.15, 0.2) is 0 Å². The van der Waals surface area contributed by atoms with Gasteiger partial charge in [0, 0.05) is 12.5 Å². The number of nitrogens with one attached hydrogen (secondary N) is 1. The molecule has 8 heteroatoms. The molecule has 0 aromatic carbocycles. The Morgan fingerprint density at radius 2 is 1.89 bits per heavy atom. The average Bonchev–Trinajstić information content (AvgIpc) is 2.29. The summed E-state index contributed by atoms with van der Waals surface area (Å²) in [4.78, 5) is 11.4. The molecule has 2 atom stereocenters. The first-order valence-corrected chi connectivity index (χ1v) is 6.01. The molecule has 0 spiro atoms. The Kier molecular flexibility index (Phi) is 7.66. The first-order valence-electron chi connectivity index (χ1n) is 6.01. The van der Waals surface area contributed by atoms with Gasteiger partial charge in [0.1, 0.15) is 0 Å². The highest BCUT2D eigenvalue weighted by molar-refractivity contribution is 5.85. The Morgan fingerprint density at radius 3 is 2.42 bits per heavy atom. The summed E-state index contributed by atoms with van der Waals surface area (Å²) >= 11 is 0. The van der Waals surface area contributed by atoms with Gasteiger partial charge in [-0.15, -0.1) is 12.4 Å². The number of hydrogen-bond acceptors (Lipinski definition) is 2. The van der Waals surface area contributed by atoms with Gasteiger partial charge < -0.3 is 11.1 Å². The molecule has 0 aromatic rings. The van der Waals surface area contributed by atoms with Gasteiger partial charge in [-0.1, -0.05) is 12.8 Å². The highest BCUT2D eigenvalue weighted by Crippen LogP contribution is 2.26. The number of hydrogen-bond donors (Lipinski definition) is 2. The van der Waals surface area contributed by atoms with E-state index < -0.39 is 24.8 Å². The quantitative estimate of drug-likeness (QED) is 0.766. The molecule has 1 aliphatic carbocycles. The van der Waals surface area contributed by atoms with Gasteiger partial charge in [-0.3, -0.25) is 4.79 Å². The van der Waals surface area contributed by atoms with Crippen LogP contribution in [0.4, 0.5) is 17.6 Å². The van der Waals surface area contributed by atoms with Gasteiger partial charge in [0.25, 0.3) is 0 Å². The second-order valence-corrected chi connectivity index (χ2v) is 4.75. The van der Waals surface area contributed by atoms with Crippen LogP contribution in [0.2, 0.25) is 0 Å². The maximum Gasteiger partial charge on any atom is 0.324 e. The molecule has 19 heavy (non-hydrogen) atoms. The van der Waals surface area contributed by atoms with Crippen molar-refractivity contribution in [2.24, 2.45) is 11.7 Å². The molecule has 1 rings (SSSR count). The van der Waals surface area contributed by atoms with Crippen LogP contribution in [0, 0.1) is 5.92 Å². The largest absolute Gasteiger partial charge is 0.350 e. The summed E-state index contributed by atoms with van der Waals surface area (Å²) in [5, 5.41) is 1.85. The van der Waals surface area contributed by atoms with Crippen molar-refractivity contribution in [3.8, 4) is 0 Å². The number of carbonyl (C=O) groups is 1. The molecule has 0 aromatic heterocycles. The van der Waals surface area contributed by atoms with Crippen molar-refractivity contribution in [1.29, 1.82) is 0 Å². The summed E-state index contributed by atoms with van der Waals surface area (Å²) in [6.45, 7) is -1.33. The Balaban J connectivity index is 0.00000324. The zero-order valence-electron chi connectivity index (χ0n) is 10.4. The lowest BCUT2D eigenvalue weighted by Crippen LogP contribution is -2.43. The van der Waals surface area contributed by atoms with E-state index in [2.05, 4.69) is 0 Å². The Labute approximate surface area is 115 Å². The van der Waals surface area contributed by atoms with Crippen molar-refractivity contribution in [3.05, 3.63) is 0 Å². The lowest BCUT2D eigenvalue weighted by Gasteiger charge is -2.28. The van der Waals surface area contributed by atoms with Gasteiger partial charge in [-0.05, 0) is 18.8 Å². The molecule has 0 saturated heterocycles. The fourth-order valence-corrected chi connectivity index (χ4v) is 2.09. The van der Waals surface area contributed by atoms with Crippen molar-refractivity contribution in [2.45, 2.75) is 50.5 Å². The summed E-state index contributed by atoms with van der Waals surface area (Å²) in [5.41, 5.74) is 5.81. The molecule has 1 aliphatic rings. The predicted molar refractivity (Wildman–Crippen MR) is 65.8 cm³/mol. The van der Waals surface area contributed by atoms with Crippen LogP contribution in [0.3, 0.4) is 0 Å². The van der Waals surface area contributed by atoms with Gasteiger partial charge in [-0.2, -0.15) is 8.78 Å². The smallest absolute Gasteiger partial charge is 0.324 e. The van der Waals surface area contributed by atoms with Crippen LogP contribution in [0.1, 0.15) is 32.1 Å². The van der Waals surface area contributed by atoms with Crippen LogP contribution in [0.25, 0.3) is 0 Å². The van der Waals surface area contributed by atoms with Crippen LogP contribution >= 0.6 is 12.4 Å². The van der Waals surface area contributed by atoms with E-state index in [1.165, 1.54) is 0 Å². The molecule has 0 heterocycles. The standard InChI is InChI=1S/C11H18F4N2O.ClH/c12-10(13)11(14,15)6-17-9(18)5-7-3-1-2-4-8(7)16;/h7-8,10H,1-6,16H2,(H,17,18);1H. The van der Waals surface area contributed by atoms with Crippen LogP contribution in [-0.2, 0) is 4.79 Å². The van der Waals surface area contributed by atoms with E-state index in [0.29, 0.717) is 0 Å². The molecule has 1 amide bonds. The molecule has 3 nitrogen and oxygen atoms in total. The zero-order valence-corrected chi connectivity index (χ0v) is 11.2. The number of carbonyl (C=O) groups excluding carboxylic acids is 1. The van der Waals surface area contributed by atoms with E-state index in [4.69, 9.17) is 5.73 Å². The van der Waals surface area contributed by atoms with Crippen LogP contribution < -0.4 is 11.1 Å². The van der Waals surface area contributed by atoms with Crippen LogP contribution in [0.5, 0.6) is 0 Å². The van der Waals surface area contributed by atoms with Crippen molar-refractivity contribution in [2.75, 3.05) is 6.54 Å². The predicted octanol–water partition coefficient (Wildman–Crippen LogP) is 2.33. The minimum absolute atomic E-state index is 0. The summed E-state index contributed by atoms with van der Waals surface area (Å²) in [5.74, 6) is -4.86. The maximum atomic E-state index is 12.6. The molecule has 1 saturated carbocycles. The van der Waals surface area contributed by atoms with Gasteiger partial charge in [0.05, 0.1) is 6.54 Å². The third-order valence-corrected chi connectivity index (χ3v) is 3.26. The third-order valence-electron chi connectivity index (χ3n) is 3.26. The second-order valence-electron chi connectivity index (χ2n) is 4.75. The lowest BCUT2D eigenvalue weighted by atomic mass is 9.83. The van der Waals surface area contributed by atoms with Gasteiger partial charge >= 0.3 is 12.3 Å². The summed E-state index contributed by atoms with van der Waals surface area (Å²) in [6, 6.07) is -0.111. The van der Waals surface area contributed by atoms with E-state index >= 15 is 0 Å². The normalized spacial score (nSPS) is 23.9. The van der Waals surface area contributed by atoms with Crippen molar-refractivity contribution < 1.29 is 22.4 Å². The molecule has 3 N–H and O–H groups in total. The fourth-order valence-electron chi connectivity index (χ4n) is 2.09. The summed E-state index contributed by atoms with van der Waals surface area (Å²) in [6.07, 6.45) is -0.192. The average molecular weight is 307 g/mol. The molecular formula is C11H19ClF4N2O. The second kappa shape index (κ2) is 7.89. The first-order chi connectivity index (χ1) is 8.33. The van der Waals surface area contributed by atoms with Gasteiger partial charge in [0.15, 0.2) is 0 Å². The molecule has 114 valence electrons. The van der Waals surface area contributed by atoms with Crippen molar-refractivity contribution in [1.82, 2.24) is 5.32 Å². The Bertz CT molecular complexity index is 292. The van der Waals surface area contributed by atoms with E-state index in [9.17, 15) is 22.4 Å². The lowest BCUT2D eigenvalue weighted by molar-refractivity contribution is -0.137. The number of nitrogens with two attached hydrogens (primary N) is 1. The topological polar surface area (TPSA) is 55.1 Å². The number of amides is 1. The highest BCUT2D eigenvalue weighted by atomic mass is 35.5. The molecule has 0 radical (unpaired) electrons. The molecule has 0 bridgehead atoms. The van der Waals surface area contributed by atoms with E-state index in [1.807, 2.05) is 5.32 Å². The Hall–Kier alpha value is -0.560. The molecular weight excluding hydrogens is 288 g/mol. The fraction of sp³-hybridized carbons (Fsp3) is 0.909. The van der Waals surface area contributed by atoms with Crippen molar-refractivity contribution in [3.63, 3.8) is 0 Å². The minimum Gasteiger partial charge on any atom is -0.350 e. The summed E-state index contributed by atoms with van der Waals surface area (Å²) < 4.78 is 48.9. The number of rotatable bonds is 5. The van der Waals surface area contributed by atoms with Crippen LogP contribution in [-0.4, -0.2) is 30.8 Å². The maximum absolute atomic E-state index is 12.6. The van der Waals surface area contributed by atoms with E-state index in [1.54, 1.807) is 0 Å². The molecule has 1 fully saturated rings. The van der Waals surface area contributed by atoms with Crippen molar-refractivity contribution >= 4 is 18.3 Å². The Morgan fingerprint density at radius 1 is 1.32 bits per heavy atom. The highest BCUT2D eigenvalue weighted by Gasteiger charge is 2.41. The molecule has 2 unspecified atom stereocenters. The SMILES string of the molecule is Cl.NC1CCCCC1CC(=O)NCC(F)(F)C(F)F.